The molecule has 0 aromatic carbocycles. The molecule has 0 radical (unpaired) electrons. The highest BCUT2D eigenvalue weighted by molar-refractivity contribution is 7.14. The second-order valence-corrected chi connectivity index (χ2v) is 6.42. The maximum Gasteiger partial charge on any atom is 0.289 e. The van der Waals surface area contributed by atoms with Crippen LogP contribution in [-0.4, -0.2) is 16.8 Å². The van der Waals surface area contributed by atoms with Gasteiger partial charge in [-0.15, -0.1) is 11.3 Å². The number of hydrogen-bond donors (Lipinski definition) is 2. The van der Waals surface area contributed by atoms with Crippen molar-refractivity contribution in [2.24, 2.45) is 0 Å². The number of furan rings is 1. The normalized spacial score (nSPS) is 10.5. The first kappa shape index (κ1) is 15.4. The summed E-state index contributed by atoms with van der Waals surface area (Å²) in [6.45, 7) is 3.45. The Morgan fingerprint density at radius 3 is 2.61 bits per heavy atom. The zero-order valence-corrected chi connectivity index (χ0v) is 14.0. The molecule has 2 N–H and O–H groups in total. The Hall–Kier alpha value is -2.45. The maximum atomic E-state index is 12.1. The Labute approximate surface area is 140 Å². The first-order valence-electron chi connectivity index (χ1n) is 6.70. The van der Waals surface area contributed by atoms with Gasteiger partial charge >= 0.3 is 0 Å². The van der Waals surface area contributed by atoms with Crippen LogP contribution in [0.15, 0.2) is 32.7 Å². The molecule has 0 bridgehead atoms. The van der Waals surface area contributed by atoms with E-state index in [0.29, 0.717) is 17.1 Å². The van der Waals surface area contributed by atoms with Crippen LogP contribution in [-0.2, 0) is 0 Å². The van der Waals surface area contributed by atoms with E-state index in [1.807, 2.05) is 16.8 Å². The number of nitrogens with zero attached hydrogens (tertiary/aromatic N) is 1. The molecule has 3 aromatic heterocycles. The molecular formula is C15H13N3O3S2. The minimum Gasteiger partial charge on any atom is -0.466 e. The first-order valence-corrected chi connectivity index (χ1v) is 8.52. The van der Waals surface area contributed by atoms with Crippen molar-refractivity contribution in [2.75, 3.05) is 0 Å². The number of hydrogen-bond acceptors (Lipinski definition) is 6. The fraction of sp³-hybridized carbons (Fsp3) is 0.133. The number of thiazole rings is 1. The average molecular weight is 347 g/mol. The van der Waals surface area contributed by atoms with Gasteiger partial charge in [0.25, 0.3) is 11.8 Å². The molecule has 0 fully saturated rings. The summed E-state index contributed by atoms with van der Waals surface area (Å²) in [6.07, 6.45) is 0. The third-order valence-corrected chi connectivity index (χ3v) is 4.65. The van der Waals surface area contributed by atoms with Gasteiger partial charge in [-0.2, -0.15) is 11.3 Å². The SMILES string of the molecule is Cc1cc(C(=O)NNC(=O)c2csc(-c3ccsc3)n2)c(C)o1. The zero-order chi connectivity index (χ0) is 16.4. The van der Waals surface area contributed by atoms with Crippen LogP contribution in [0.1, 0.15) is 32.4 Å². The van der Waals surface area contributed by atoms with Crippen LogP contribution in [0, 0.1) is 13.8 Å². The van der Waals surface area contributed by atoms with Crippen LogP contribution in [0.25, 0.3) is 10.6 Å². The van der Waals surface area contributed by atoms with Gasteiger partial charge in [-0.3, -0.25) is 20.4 Å². The summed E-state index contributed by atoms with van der Waals surface area (Å²) in [5.74, 6) is 0.247. The number of aromatic nitrogens is 1. The summed E-state index contributed by atoms with van der Waals surface area (Å²) >= 11 is 2.95. The molecule has 3 aromatic rings. The maximum absolute atomic E-state index is 12.1. The Balaban J connectivity index is 1.63. The van der Waals surface area contributed by atoms with E-state index >= 15 is 0 Å². The van der Waals surface area contributed by atoms with Crippen molar-refractivity contribution in [2.45, 2.75) is 13.8 Å². The molecule has 0 aliphatic rings. The van der Waals surface area contributed by atoms with Gasteiger partial charge in [0, 0.05) is 16.3 Å². The van der Waals surface area contributed by atoms with Crippen molar-refractivity contribution in [3.8, 4) is 10.6 Å². The third-order valence-electron chi connectivity index (χ3n) is 3.08. The van der Waals surface area contributed by atoms with Gasteiger partial charge < -0.3 is 4.42 Å². The highest BCUT2D eigenvalue weighted by atomic mass is 32.1. The fourth-order valence-corrected chi connectivity index (χ4v) is 3.51. The lowest BCUT2D eigenvalue weighted by atomic mass is 10.2. The number of amides is 2. The Morgan fingerprint density at radius 2 is 1.96 bits per heavy atom. The summed E-state index contributed by atoms with van der Waals surface area (Å²) < 4.78 is 5.29. The lowest BCUT2D eigenvalue weighted by Gasteiger charge is -2.04. The van der Waals surface area contributed by atoms with Gasteiger partial charge in [0.2, 0.25) is 0 Å². The molecule has 0 saturated heterocycles. The number of hydrazine groups is 1. The third kappa shape index (κ3) is 3.33. The minimum absolute atomic E-state index is 0.261. The molecule has 0 spiro atoms. The van der Waals surface area contributed by atoms with Crippen LogP contribution in [0.5, 0.6) is 0 Å². The van der Waals surface area contributed by atoms with Crippen LogP contribution >= 0.6 is 22.7 Å². The zero-order valence-electron chi connectivity index (χ0n) is 12.4. The van der Waals surface area contributed by atoms with Crippen LogP contribution in [0.3, 0.4) is 0 Å². The monoisotopic (exact) mass is 347 g/mol. The van der Waals surface area contributed by atoms with Gasteiger partial charge in [0.15, 0.2) is 0 Å². The van der Waals surface area contributed by atoms with E-state index in [1.165, 1.54) is 11.3 Å². The molecule has 0 unspecified atom stereocenters. The van der Waals surface area contributed by atoms with Gasteiger partial charge in [0.1, 0.15) is 22.2 Å². The summed E-state index contributed by atoms with van der Waals surface area (Å²) in [5.41, 5.74) is 6.35. The largest absolute Gasteiger partial charge is 0.466 e. The smallest absolute Gasteiger partial charge is 0.289 e. The summed E-state index contributed by atoms with van der Waals surface area (Å²) in [5, 5.41) is 6.34. The predicted molar refractivity (Wildman–Crippen MR) is 88.5 cm³/mol. The van der Waals surface area contributed by atoms with E-state index in [2.05, 4.69) is 15.8 Å². The van der Waals surface area contributed by atoms with Gasteiger partial charge in [0.05, 0.1) is 5.56 Å². The second kappa shape index (κ2) is 6.35. The lowest BCUT2D eigenvalue weighted by Crippen LogP contribution is -2.41. The molecule has 0 saturated carbocycles. The molecule has 8 heteroatoms. The second-order valence-electron chi connectivity index (χ2n) is 4.79. The highest BCUT2D eigenvalue weighted by Gasteiger charge is 2.16. The highest BCUT2D eigenvalue weighted by Crippen LogP contribution is 2.25. The number of rotatable bonds is 3. The molecule has 23 heavy (non-hydrogen) atoms. The minimum atomic E-state index is -0.464. The Bertz CT molecular complexity index is 849. The quantitative estimate of drug-likeness (QED) is 0.713. The van der Waals surface area contributed by atoms with Crippen molar-refractivity contribution < 1.29 is 14.0 Å². The van der Waals surface area contributed by atoms with Crippen molar-refractivity contribution in [3.05, 3.63) is 51.1 Å². The van der Waals surface area contributed by atoms with Crippen LogP contribution < -0.4 is 10.9 Å². The topological polar surface area (TPSA) is 84.2 Å². The van der Waals surface area contributed by atoms with Crippen LogP contribution in [0.2, 0.25) is 0 Å². The standard InChI is InChI=1S/C15H13N3O3S2/c1-8-5-11(9(2)21-8)13(19)17-18-14(20)12-7-23-15(16-12)10-3-4-22-6-10/h3-7H,1-2H3,(H,17,19)(H,18,20). The summed E-state index contributed by atoms with van der Waals surface area (Å²) in [6, 6.07) is 3.56. The molecule has 3 heterocycles. The van der Waals surface area contributed by atoms with Gasteiger partial charge in [-0.25, -0.2) is 4.98 Å². The number of nitrogens with one attached hydrogen (secondary N) is 2. The molecule has 0 aliphatic heterocycles. The van der Waals surface area contributed by atoms with Gasteiger partial charge in [-0.1, -0.05) is 0 Å². The molecule has 118 valence electrons. The predicted octanol–water partition coefficient (Wildman–Crippen LogP) is 3.16. The Kier molecular flexibility index (Phi) is 4.26. The molecule has 0 atom stereocenters. The first-order chi connectivity index (χ1) is 11.0. The molecular weight excluding hydrogens is 334 g/mol. The van der Waals surface area contributed by atoms with Crippen molar-refractivity contribution >= 4 is 34.5 Å². The van der Waals surface area contributed by atoms with E-state index in [1.54, 1.807) is 36.6 Å². The number of carbonyl (C=O) groups is 2. The Morgan fingerprint density at radius 1 is 1.17 bits per heavy atom. The van der Waals surface area contributed by atoms with Crippen molar-refractivity contribution in [3.63, 3.8) is 0 Å². The fourth-order valence-electron chi connectivity index (χ4n) is 2.00. The molecule has 2 amide bonds. The summed E-state index contributed by atoms with van der Waals surface area (Å²) in [7, 11) is 0. The van der Waals surface area contributed by atoms with Crippen molar-refractivity contribution in [1.29, 1.82) is 0 Å². The average Bonchev–Trinajstić information content (AvgIpc) is 3.24. The van der Waals surface area contributed by atoms with E-state index in [4.69, 9.17) is 4.42 Å². The van der Waals surface area contributed by atoms with E-state index in [0.717, 1.165) is 10.6 Å². The number of carbonyl (C=O) groups excluding carboxylic acids is 2. The van der Waals surface area contributed by atoms with E-state index < -0.39 is 11.8 Å². The van der Waals surface area contributed by atoms with E-state index in [9.17, 15) is 9.59 Å². The van der Waals surface area contributed by atoms with Crippen LogP contribution in [0.4, 0.5) is 0 Å². The summed E-state index contributed by atoms with van der Waals surface area (Å²) in [4.78, 5) is 28.3. The van der Waals surface area contributed by atoms with Gasteiger partial charge in [-0.05, 0) is 31.4 Å². The lowest BCUT2D eigenvalue weighted by molar-refractivity contribution is 0.0843. The van der Waals surface area contributed by atoms with Crippen molar-refractivity contribution in [1.82, 2.24) is 15.8 Å². The molecule has 6 nitrogen and oxygen atoms in total. The van der Waals surface area contributed by atoms with E-state index in [-0.39, 0.29) is 5.69 Å². The molecule has 3 rings (SSSR count). The number of thiophene rings is 1. The molecule has 0 aliphatic carbocycles. The number of aryl methyl sites for hydroxylation is 2.